The number of amides is 1. The first-order chi connectivity index (χ1) is 11.3. The van der Waals surface area contributed by atoms with Crippen molar-refractivity contribution < 1.29 is 19.8 Å². The average Bonchev–Trinajstić information content (AvgIpc) is 2.51. The Hall–Kier alpha value is -2.44. The van der Waals surface area contributed by atoms with E-state index in [4.69, 9.17) is 28.3 Å². The Labute approximate surface area is 148 Å². The molecule has 0 saturated carbocycles. The molecule has 0 bridgehead atoms. The summed E-state index contributed by atoms with van der Waals surface area (Å²) in [5.41, 5.74) is 0.464. The van der Waals surface area contributed by atoms with Crippen LogP contribution in [0.2, 0.25) is 10.0 Å². The second-order valence-electron chi connectivity index (χ2n) is 5.04. The number of nitrogens with one attached hydrogen (secondary N) is 1. The molecule has 0 saturated heterocycles. The van der Waals surface area contributed by atoms with E-state index in [1.54, 1.807) is 30.1 Å². The van der Waals surface area contributed by atoms with Gasteiger partial charge in [0.15, 0.2) is 0 Å². The van der Waals surface area contributed by atoms with Crippen LogP contribution in [-0.4, -0.2) is 35.7 Å². The van der Waals surface area contributed by atoms with Crippen molar-refractivity contribution in [3.05, 3.63) is 52.0 Å². The van der Waals surface area contributed by atoms with Gasteiger partial charge in [0.05, 0.1) is 28.5 Å². The van der Waals surface area contributed by atoms with Crippen molar-refractivity contribution in [2.45, 2.75) is 0 Å². The van der Waals surface area contributed by atoms with E-state index in [-0.39, 0.29) is 23.5 Å². The molecule has 0 aliphatic carbocycles. The molecule has 0 spiro atoms. The minimum atomic E-state index is -1.26. The Balaban J connectivity index is 2.14. The van der Waals surface area contributed by atoms with Crippen molar-refractivity contribution in [2.75, 3.05) is 23.8 Å². The predicted molar refractivity (Wildman–Crippen MR) is 93.4 cm³/mol. The number of halogens is 2. The predicted octanol–water partition coefficient (Wildman–Crippen LogP) is 3.47. The molecule has 0 aliphatic heterocycles. The lowest BCUT2D eigenvalue weighted by atomic mass is 10.1. The number of likely N-dealkylation sites (N-methyl/N-ethyl adjacent to an activating group) is 1. The number of hydrogen-bond acceptors (Lipinski definition) is 4. The van der Waals surface area contributed by atoms with Gasteiger partial charge in [0, 0.05) is 12.1 Å². The number of carboxylic acids is 1. The second kappa shape index (κ2) is 7.42. The van der Waals surface area contributed by atoms with Gasteiger partial charge in [-0.2, -0.15) is 0 Å². The molecule has 0 aliphatic rings. The number of carbonyl (C=O) groups is 2. The minimum Gasteiger partial charge on any atom is -0.508 e. The molecule has 3 N–H and O–H groups in total. The molecule has 24 heavy (non-hydrogen) atoms. The number of carbonyl (C=O) groups excluding carboxylic acids is 1. The van der Waals surface area contributed by atoms with Crippen molar-refractivity contribution in [2.24, 2.45) is 0 Å². The van der Waals surface area contributed by atoms with Crippen LogP contribution in [0.25, 0.3) is 0 Å². The van der Waals surface area contributed by atoms with Gasteiger partial charge in [-0.3, -0.25) is 4.79 Å². The van der Waals surface area contributed by atoms with Gasteiger partial charge in [0.25, 0.3) is 0 Å². The molecular weight excluding hydrogens is 355 g/mol. The van der Waals surface area contributed by atoms with Crippen molar-refractivity contribution in [1.82, 2.24) is 0 Å². The number of carboxylic acid groups (broad SMARTS) is 1. The van der Waals surface area contributed by atoms with Crippen LogP contribution in [-0.2, 0) is 4.79 Å². The minimum absolute atomic E-state index is 0.0694. The molecule has 0 fully saturated rings. The monoisotopic (exact) mass is 368 g/mol. The van der Waals surface area contributed by atoms with Crippen LogP contribution in [0, 0.1) is 0 Å². The molecule has 0 heterocycles. The van der Waals surface area contributed by atoms with Crippen LogP contribution in [0.15, 0.2) is 36.4 Å². The van der Waals surface area contributed by atoms with Crippen LogP contribution >= 0.6 is 23.2 Å². The molecule has 0 radical (unpaired) electrons. The van der Waals surface area contributed by atoms with Gasteiger partial charge in [-0.05, 0) is 36.4 Å². The molecule has 2 aromatic rings. The van der Waals surface area contributed by atoms with E-state index >= 15 is 0 Å². The molecule has 0 unspecified atom stereocenters. The maximum atomic E-state index is 12.2. The Morgan fingerprint density at radius 2 is 1.88 bits per heavy atom. The number of phenols is 1. The summed E-state index contributed by atoms with van der Waals surface area (Å²) in [4.78, 5) is 24.9. The van der Waals surface area contributed by atoms with Crippen molar-refractivity contribution in [3.63, 3.8) is 0 Å². The first kappa shape index (κ1) is 17.9. The highest BCUT2D eigenvalue weighted by atomic mass is 35.5. The third kappa shape index (κ3) is 4.31. The lowest BCUT2D eigenvalue weighted by Gasteiger charge is -2.20. The smallest absolute Gasteiger partial charge is 0.337 e. The number of benzene rings is 2. The number of aromatic carboxylic acids is 1. The maximum absolute atomic E-state index is 12.2. The van der Waals surface area contributed by atoms with Crippen LogP contribution in [0.4, 0.5) is 11.4 Å². The molecule has 2 aromatic carbocycles. The Morgan fingerprint density at radius 1 is 1.17 bits per heavy atom. The quantitative estimate of drug-likeness (QED) is 0.703. The van der Waals surface area contributed by atoms with Crippen molar-refractivity contribution in [3.8, 4) is 5.75 Å². The summed E-state index contributed by atoms with van der Waals surface area (Å²) in [6, 6.07) is 8.56. The Bertz CT molecular complexity index is 796. The van der Waals surface area contributed by atoms with Gasteiger partial charge in [-0.15, -0.1) is 0 Å². The number of hydrogen-bond donors (Lipinski definition) is 3. The van der Waals surface area contributed by atoms with E-state index in [1.165, 1.54) is 12.1 Å². The second-order valence-corrected chi connectivity index (χ2v) is 5.88. The fourth-order valence-corrected chi connectivity index (χ4v) is 2.52. The summed E-state index contributed by atoms with van der Waals surface area (Å²) in [5.74, 6) is -1.90. The first-order valence-corrected chi connectivity index (χ1v) is 7.56. The van der Waals surface area contributed by atoms with Gasteiger partial charge < -0.3 is 20.4 Å². The van der Waals surface area contributed by atoms with Crippen LogP contribution < -0.4 is 10.2 Å². The molecule has 8 heteroatoms. The summed E-state index contributed by atoms with van der Waals surface area (Å²) >= 11 is 12.0. The molecule has 0 atom stereocenters. The third-order valence-electron chi connectivity index (χ3n) is 3.21. The molecule has 2 rings (SSSR count). The summed E-state index contributed by atoms with van der Waals surface area (Å²) < 4.78 is 0. The van der Waals surface area contributed by atoms with E-state index in [9.17, 15) is 14.7 Å². The number of anilines is 2. The summed E-state index contributed by atoms with van der Waals surface area (Å²) in [7, 11) is 1.66. The number of phenolic OH excluding ortho intramolecular Hbond substituents is 1. The Kier molecular flexibility index (Phi) is 5.54. The Morgan fingerprint density at radius 3 is 2.54 bits per heavy atom. The van der Waals surface area contributed by atoms with Gasteiger partial charge in [0.2, 0.25) is 5.91 Å². The highest BCUT2D eigenvalue weighted by Crippen LogP contribution is 2.28. The normalized spacial score (nSPS) is 10.3. The fourth-order valence-electron chi connectivity index (χ4n) is 2.09. The van der Waals surface area contributed by atoms with Crippen molar-refractivity contribution in [1.29, 1.82) is 0 Å². The lowest BCUT2D eigenvalue weighted by molar-refractivity contribution is -0.114. The highest BCUT2D eigenvalue weighted by molar-refractivity contribution is 6.35. The lowest BCUT2D eigenvalue weighted by Crippen LogP contribution is -2.30. The van der Waals surface area contributed by atoms with Gasteiger partial charge in [0.1, 0.15) is 5.75 Å². The van der Waals surface area contributed by atoms with Gasteiger partial charge in [-0.1, -0.05) is 23.2 Å². The van der Waals surface area contributed by atoms with E-state index in [2.05, 4.69) is 5.32 Å². The zero-order chi connectivity index (χ0) is 17.9. The van der Waals surface area contributed by atoms with Crippen LogP contribution in [0.1, 0.15) is 10.4 Å². The van der Waals surface area contributed by atoms with E-state index in [1.807, 2.05) is 0 Å². The van der Waals surface area contributed by atoms with Crippen LogP contribution in [0.5, 0.6) is 5.75 Å². The largest absolute Gasteiger partial charge is 0.508 e. The average molecular weight is 369 g/mol. The molecular formula is C16H14Cl2N2O4. The molecule has 1 amide bonds. The van der Waals surface area contributed by atoms with Gasteiger partial charge in [-0.25, -0.2) is 4.79 Å². The third-order valence-corrected chi connectivity index (χ3v) is 3.76. The zero-order valence-electron chi connectivity index (χ0n) is 12.6. The number of aromatic hydroxyl groups is 1. The standard InChI is InChI=1S/C16H14Cl2N2O4/c1-20(14-6-9(17)2-4-12(14)18)8-15(22)19-13-5-3-10(21)7-11(13)16(23)24/h2-7,21H,8H2,1H3,(H,19,22)(H,23,24). The van der Waals surface area contributed by atoms with Crippen molar-refractivity contribution >= 4 is 46.5 Å². The van der Waals surface area contributed by atoms with E-state index in [0.717, 1.165) is 6.07 Å². The number of rotatable bonds is 5. The summed E-state index contributed by atoms with van der Waals surface area (Å²) in [5, 5.41) is 21.9. The number of nitrogens with zero attached hydrogens (tertiary/aromatic N) is 1. The first-order valence-electron chi connectivity index (χ1n) is 6.80. The van der Waals surface area contributed by atoms with Gasteiger partial charge >= 0.3 is 5.97 Å². The molecule has 6 nitrogen and oxygen atoms in total. The summed E-state index contributed by atoms with van der Waals surface area (Å²) in [6.45, 7) is -0.0694. The molecule has 0 aromatic heterocycles. The zero-order valence-corrected chi connectivity index (χ0v) is 14.1. The van der Waals surface area contributed by atoms with Crippen LogP contribution in [0.3, 0.4) is 0 Å². The van der Waals surface area contributed by atoms with E-state index in [0.29, 0.717) is 15.7 Å². The molecule has 126 valence electrons. The highest BCUT2D eigenvalue weighted by Gasteiger charge is 2.16. The summed E-state index contributed by atoms with van der Waals surface area (Å²) in [6.07, 6.45) is 0. The maximum Gasteiger partial charge on any atom is 0.337 e. The SMILES string of the molecule is CN(CC(=O)Nc1ccc(O)cc1C(=O)O)c1cc(Cl)ccc1Cl. The topological polar surface area (TPSA) is 89.9 Å². The fraction of sp³-hybridized carbons (Fsp3) is 0.125. The van der Waals surface area contributed by atoms with E-state index < -0.39 is 11.9 Å².